The van der Waals surface area contributed by atoms with E-state index in [-0.39, 0.29) is 0 Å². The predicted molar refractivity (Wildman–Crippen MR) is 110 cm³/mol. The van der Waals surface area contributed by atoms with Gasteiger partial charge in [-0.25, -0.2) is 0 Å². The Morgan fingerprint density at radius 1 is 1.03 bits per heavy atom. The average molecular weight is 441 g/mol. The number of benzene rings is 1. The summed E-state index contributed by atoms with van der Waals surface area (Å²) in [4.78, 5) is 8.72. The van der Waals surface area contributed by atoms with Gasteiger partial charge in [0.05, 0.1) is 6.54 Å². The molecular weight excluding hydrogens is 416 g/mol. The zero-order valence-electron chi connectivity index (χ0n) is 16.4. The van der Waals surface area contributed by atoms with Crippen molar-refractivity contribution in [2.75, 3.05) is 59.4 Å². The quantitative estimate of drug-likeness (QED) is 0.685. The van der Waals surface area contributed by atoms with E-state index in [0.717, 1.165) is 18.7 Å². The van der Waals surface area contributed by atoms with Crippen molar-refractivity contribution < 1.29 is 12.9 Å². The molecule has 2 aliphatic heterocycles. The van der Waals surface area contributed by atoms with Crippen LogP contribution in [-0.2, 0) is 16.8 Å². The molecule has 2 aromatic rings. The number of aromatic nitrogens is 2. The minimum atomic E-state index is -3.39. The van der Waals surface area contributed by atoms with Crippen molar-refractivity contribution in [3.05, 3.63) is 35.2 Å². The molecule has 0 aliphatic carbocycles. The molecule has 0 saturated carbocycles. The van der Waals surface area contributed by atoms with Crippen molar-refractivity contribution in [2.24, 2.45) is 0 Å². The number of piperazine rings is 2. The fourth-order valence-electron chi connectivity index (χ4n) is 3.56. The molecule has 2 fully saturated rings. The Morgan fingerprint density at radius 3 is 2.34 bits per heavy atom. The number of likely N-dealkylation sites (N-methyl/N-ethyl adjacent to an activating group) is 1. The van der Waals surface area contributed by atoms with Gasteiger partial charge in [-0.05, 0) is 19.2 Å². The normalized spacial score (nSPS) is 20.9. The molecule has 0 atom stereocenters. The molecule has 0 unspecified atom stereocenters. The number of hydrogen-bond donors (Lipinski definition) is 0. The van der Waals surface area contributed by atoms with Crippen molar-refractivity contribution in [2.45, 2.75) is 6.54 Å². The van der Waals surface area contributed by atoms with E-state index in [1.807, 2.05) is 19.2 Å². The van der Waals surface area contributed by atoms with E-state index in [2.05, 4.69) is 19.9 Å². The first-order valence-electron chi connectivity index (χ1n) is 9.66. The van der Waals surface area contributed by atoms with Crippen LogP contribution in [0.2, 0.25) is 5.02 Å². The average Bonchev–Trinajstić information content (AvgIpc) is 3.17. The topological polar surface area (TPSA) is 86.0 Å². The second-order valence-electron chi connectivity index (χ2n) is 7.41. The number of rotatable bonds is 5. The number of nitrogens with zero attached hydrogens (tertiary/aromatic N) is 6. The molecule has 3 heterocycles. The summed E-state index contributed by atoms with van der Waals surface area (Å²) in [7, 11) is -1.38. The minimum Gasteiger partial charge on any atom is -0.338 e. The van der Waals surface area contributed by atoms with Crippen LogP contribution in [0.3, 0.4) is 0 Å². The summed E-state index contributed by atoms with van der Waals surface area (Å²) < 4.78 is 34.3. The molecule has 29 heavy (non-hydrogen) atoms. The van der Waals surface area contributed by atoms with Crippen LogP contribution < -0.4 is 0 Å². The van der Waals surface area contributed by atoms with E-state index in [4.69, 9.17) is 16.1 Å². The highest BCUT2D eigenvalue weighted by Gasteiger charge is 2.34. The standard InChI is InChI=1S/C18H25ClN6O3S/c1-22-5-9-24(10-6-22)29(26,27)25-11-7-23(8-12-25)14-17-20-18(21-28-17)15-3-2-4-16(19)13-15/h2-4,13H,5-12,14H2,1H3. The van der Waals surface area contributed by atoms with Gasteiger partial charge in [0.1, 0.15) is 0 Å². The van der Waals surface area contributed by atoms with Gasteiger partial charge in [-0.15, -0.1) is 0 Å². The van der Waals surface area contributed by atoms with Gasteiger partial charge in [-0.3, -0.25) is 4.90 Å². The highest BCUT2D eigenvalue weighted by atomic mass is 35.5. The largest absolute Gasteiger partial charge is 0.338 e. The van der Waals surface area contributed by atoms with E-state index < -0.39 is 10.2 Å². The summed E-state index contributed by atoms with van der Waals surface area (Å²) in [6.45, 7) is 5.31. The zero-order chi connectivity index (χ0) is 20.4. The minimum absolute atomic E-state index is 0.462. The number of hydrogen-bond acceptors (Lipinski definition) is 7. The summed E-state index contributed by atoms with van der Waals surface area (Å²) in [5.74, 6) is 1.01. The van der Waals surface area contributed by atoms with Crippen LogP contribution in [0.25, 0.3) is 11.4 Å². The van der Waals surface area contributed by atoms with Gasteiger partial charge in [-0.1, -0.05) is 28.9 Å². The predicted octanol–water partition coefficient (Wildman–Crippen LogP) is 1.000. The van der Waals surface area contributed by atoms with E-state index in [9.17, 15) is 8.42 Å². The summed E-state index contributed by atoms with van der Waals surface area (Å²) in [6, 6.07) is 7.30. The fourth-order valence-corrected chi connectivity index (χ4v) is 5.32. The second-order valence-corrected chi connectivity index (χ2v) is 9.77. The number of halogens is 1. The molecule has 158 valence electrons. The molecule has 0 spiro atoms. The van der Waals surface area contributed by atoms with Gasteiger partial charge in [0, 0.05) is 62.9 Å². The smallest absolute Gasteiger partial charge is 0.282 e. The first kappa shape index (κ1) is 20.7. The van der Waals surface area contributed by atoms with Crippen LogP contribution in [-0.4, -0.2) is 96.4 Å². The first-order valence-corrected chi connectivity index (χ1v) is 11.4. The summed E-state index contributed by atoms with van der Waals surface area (Å²) in [5.41, 5.74) is 0.801. The Hall–Kier alpha value is -1.56. The van der Waals surface area contributed by atoms with E-state index in [1.165, 1.54) is 0 Å². The lowest BCUT2D eigenvalue weighted by Gasteiger charge is -2.38. The van der Waals surface area contributed by atoms with Crippen molar-refractivity contribution in [3.63, 3.8) is 0 Å². The summed E-state index contributed by atoms with van der Waals surface area (Å²) >= 11 is 6.02. The van der Waals surface area contributed by atoms with Gasteiger partial charge in [0.25, 0.3) is 10.2 Å². The molecule has 1 aromatic carbocycles. The Morgan fingerprint density at radius 2 is 1.69 bits per heavy atom. The Labute approximate surface area is 176 Å². The second kappa shape index (κ2) is 8.66. The van der Waals surface area contributed by atoms with Gasteiger partial charge in [-0.2, -0.15) is 22.0 Å². The molecule has 11 heteroatoms. The molecule has 2 aliphatic rings. The van der Waals surface area contributed by atoms with Crippen LogP contribution >= 0.6 is 11.6 Å². The third-order valence-corrected chi connectivity index (χ3v) is 7.63. The Bertz CT molecular complexity index is 937. The van der Waals surface area contributed by atoms with Gasteiger partial charge >= 0.3 is 0 Å². The molecule has 2 saturated heterocycles. The van der Waals surface area contributed by atoms with Crippen LogP contribution in [0.1, 0.15) is 5.89 Å². The maximum atomic E-state index is 12.9. The van der Waals surface area contributed by atoms with Gasteiger partial charge in [0.2, 0.25) is 11.7 Å². The van der Waals surface area contributed by atoms with Crippen molar-refractivity contribution >= 4 is 21.8 Å². The Balaban J connectivity index is 1.32. The fraction of sp³-hybridized carbons (Fsp3) is 0.556. The lowest BCUT2D eigenvalue weighted by atomic mass is 10.2. The van der Waals surface area contributed by atoms with Crippen LogP contribution in [0, 0.1) is 0 Å². The Kier molecular flexibility index (Phi) is 6.19. The zero-order valence-corrected chi connectivity index (χ0v) is 17.9. The molecule has 9 nitrogen and oxygen atoms in total. The molecule has 0 bridgehead atoms. The molecular formula is C18H25ClN6O3S. The van der Waals surface area contributed by atoms with Crippen molar-refractivity contribution in [1.29, 1.82) is 0 Å². The van der Waals surface area contributed by atoms with Gasteiger partial charge in [0.15, 0.2) is 0 Å². The lowest BCUT2D eigenvalue weighted by molar-refractivity contribution is 0.152. The molecule has 4 rings (SSSR count). The third-order valence-electron chi connectivity index (χ3n) is 5.36. The van der Waals surface area contributed by atoms with E-state index in [0.29, 0.717) is 62.6 Å². The molecule has 0 radical (unpaired) electrons. The molecule has 1 aromatic heterocycles. The SMILES string of the molecule is CN1CCN(S(=O)(=O)N2CCN(Cc3nc(-c4cccc(Cl)c4)no3)CC2)CC1. The third kappa shape index (κ3) is 4.79. The first-order chi connectivity index (χ1) is 13.9. The highest BCUT2D eigenvalue weighted by Crippen LogP contribution is 2.21. The van der Waals surface area contributed by atoms with Crippen molar-refractivity contribution in [3.8, 4) is 11.4 Å². The monoisotopic (exact) mass is 440 g/mol. The van der Waals surface area contributed by atoms with E-state index >= 15 is 0 Å². The molecule has 0 N–H and O–H groups in total. The van der Waals surface area contributed by atoms with Crippen LogP contribution in [0.5, 0.6) is 0 Å². The van der Waals surface area contributed by atoms with Gasteiger partial charge < -0.3 is 9.42 Å². The molecule has 0 amide bonds. The van der Waals surface area contributed by atoms with E-state index in [1.54, 1.807) is 20.7 Å². The lowest BCUT2D eigenvalue weighted by Crippen LogP contribution is -2.56. The maximum absolute atomic E-state index is 12.9. The summed E-state index contributed by atoms with van der Waals surface area (Å²) in [6.07, 6.45) is 0. The highest BCUT2D eigenvalue weighted by molar-refractivity contribution is 7.86. The van der Waals surface area contributed by atoms with Crippen LogP contribution in [0.4, 0.5) is 0 Å². The van der Waals surface area contributed by atoms with Crippen LogP contribution in [0.15, 0.2) is 28.8 Å². The maximum Gasteiger partial charge on any atom is 0.282 e. The summed E-state index contributed by atoms with van der Waals surface area (Å²) in [5, 5.41) is 4.64. The van der Waals surface area contributed by atoms with Crippen molar-refractivity contribution in [1.82, 2.24) is 28.6 Å².